The third kappa shape index (κ3) is 19.9. The van der Waals surface area contributed by atoms with E-state index in [0.29, 0.717) is 0 Å². The van der Waals surface area contributed by atoms with E-state index in [1.165, 1.54) is 141 Å². The molecule has 0 bridgehead atoms. The summed E-state index contributed by atoms with van der Waals surface area (Å²) in [5.41, 5.74) is 0. The topological polar surface area (TPSA) is 3.24 Å². The first-order chi connectivity index (χ1) is 16.2. The Bertz CT molecular complexity index is 390. The Balaban J connectivity index is 1.91. The zero-order valence-corrected chi connectivity index (χ0v) is 23.9. The number of hydrogen-bond donors (Lipinski definition) is 0. The van der Waals surface area contributed by atoms with E-state index in [-0.39, 0.29) is 0 Å². The van der Waals surface area contributed by atoms with Gasteiger partial charge in [0.05, 0.1) is 0 Å². The largest absolute Gasteiger partial charge is 0.309 e. The zero-order valence-electron chi connectivity index (χ0n) is 23.9. The van der Waals surface area contributed by atoms with Gasteiger partial charge in [-0.05, 0) is 51.1 Å². The van der Waals surface area contributed by atoms with Crippen LogP contribution in [-0.4, -0.2) is 25.5 Å². The summed E-state index contributed by atoms with van der Waals surface area (Å²) in [4.78, 5) is 2.42. The molecule has 1 aliphatic rings. The molecule has 1 rings (SSSR count). The quantitative estimate of drug-likeness (QED) is 0.115. The molecular formula is C32H65N. The van der Waals surface area contributed by atoms with Crippen LogP contribution in [0.1, 0.15) is 168 Å². The first-order valence-corrected chi connectivity index (χ1v) is 15.8. The van der Waals surface area contributed by atoms with Gasteiger partial charge in [-0.3, -0.25) is 0 Å². The van der Waals surface area contributed by atoms with E-state index < -0.39 is 0 Å². The van der Waals surface area contributed by atoms with E-state index in [1.807, 2.05) is 0 Å². The van der Waals surface area contributed by atoms with Crippen molar-refractivity contribution in [3.05, 3.63) is 0 Å². The Morgan fingerprint density at radius 2 is 0.879 bits per heavy atom. The normalized spacial score (nSPS) is 18.8. The molecule has 1 aliphatic carbocycles. The predicted molar refractivity (Wildman–Crippen MR) is 151 cm³/mol. The minimum absolute atomic E-state index is 0.939. The second-order valence-electron chi connectivity index (χ2n) is 12.0. The van der Waals surface area contributed by atoms with Gasteiger partial charge in [-0.25, -0.2) is 0 Å². The van der Waals surface area contributed by atoms with Crippen LogP contribution >= 0.6 is 0 Å². The molecule has 1 fully saturated rings. The molecule has 1 unspecified atom stereocenters. The van der Waals surface area contributed by atoms with Gasteiger partial charge < -0.3 is 4.90 Å². The molecule has 1 heteroatoms. The van der Waals surface area contributed by atoms with Gasteiger partial charge in [-0.15, -0.1) is 0 Å². The smallest absolute Gasteiger partial charge is 0.000356 e. The van der Waals surface area contributed by atoms with Gasteiger partial charge in [-0.1, -0.05) is 149 Å². The van der Waals surface area contributed by atoms with Crippen LogP contribution in [0.25, 0.3) is 0 Å². The maximum Gasteiger partial charge on any atom is 0.000356 e. The van der Waals surface area contributed by atoms with E-state index >= 15 is 0 Å². The molecule has 0 saturated heterocycles. The van der Waals surface area contributed by atoms with Crippen molar-refractivity contribution in [2.75, 3.05) is 20.6 Å². The van der Waals surface area contributed by atoms with E-state index in [2.05, 4.69) is 32.8 Å². The Hall–Kier alpha value is -0.0400. The fraction of sp³-hybridized carbons (Fsp3) is 1.00. The molecule has 0 aliphatic heterocycles. The highest BCUT2D eigenvalue weighted by atomic mass is 15.1. The van der Waals surface area contributed by atoms with Gasteiger partial charge in [0, 0.05) is 6.54 Å². The van der Waals surface area contributed by atoms with Crippen LogP contribution in [-0.2, 0) is 0 Å². The average molecular weight is 464 g/mol. The summed E-state index contributed by atoms with van der Waals surface area (Å²) in [6.45, 7) is 5.93. The van der Waals surface area contributed by atoms with Crippen molar-refractivity contribution < 1.29 is 0 Å². The van der Waals surface area contributed by atoms with Gasteiger partial charge in [-0.2, -0.15) is 0 Å². The lowest BCUT2D eigenvalue weighted by Gasteiger charge is -2.21. The van der Waals surface area contributed by atoms with Crippen LogP contribution < -0.4 is 0 Å². The molecule has 0 heterocycles. The van der Waals surface area contributed by atoms with E-state index in [0.717, 1.165) is 17.8 Å². The molecule has 33 heavy (non-hydrogen) atoms. The Morgan fingerprint density at radius 1 is 0.515 bits per heavy atom. The van der Waals surface area contributed by atoms with E-state index in [4.69, 9.17) is 0 Å². The molecule has 0 N–H and O–H groups in total. The molecule has 198 valence electrons. The summed E-state index contributed by atoms with van der Waals surface area (Å²) in [6.07, 6.45) is 35.4. The third-order valence-electron chi connectivity index (χ3n) is 8.27. The van der Waals surface area contributed by atoms with E-state index in [1.54, 1.807) is 19.3 Å². The average Bonchev–Trinajstić information content (AvgIpc) is 3.54. The van der Waals surface area contributed by atoms with E-state index in [9.17, 15) is 0 Å². The number of nitrogens with zero attached hydrogens (tertiary/aromatic N) is 1. The van der Waals surface area contributed by atoms with Crippen molar-refractivity contribution in [2.45, 2.75) is 168 Å². The van der Waals surface area contributed by atoms with Crippen LogP contribution in [0.2, 0.25) is 0 Å². The standard InChI is InChI=1S/C32H65N/c1-5-7-9-11-13-14-16-20-24-30(29-33(3)4)25-21-17-15-19-23-27-32-28-31(32)26-22-18-12-10-8-6-2/h30-32H,5-29H2,1-4H3/t30?,31-,32+/m1/s1. The summed E-state index contributed by atoms with van der Waals surface area (Å²) in [5.74, 6) is 3.19. The van der Waals surface area contributed by atoms with Gasteiger partial charge in [0.15, 0.2) is 0 Å². The maximum atomic E-state index is 2.42. The van der Waals surface area contributed by atoms with Gasteiger partial charge in [0.1, 0.15) is 0 Å². The van der Waals surface area contributed by atoms with Gasteiger partial charge in [0.25, 0.3) is 0 Å². The van der Waals surface area contributed by atoms with Crippen LogP contribution in [0.3, 0.4) is 0 Å². The molecule has 0 aromatic heterocycles. The molecule has 0 aromatic carbocycles. The van der Waals surface area contributed by atoms with Crippen molar-refractivity contribution in [3.63, 3.8) is 0 Å². The third-order valence-corrected chi connectivity index (χ3v) is 8.27. The lowest BCUT2D eigenvalue weighted by atomic mass is 9.93. The minimum Gasteiger partial charge on any atom is -0.309 e. The van der Waals surface area contributed by atoms with Crippen molar-refractivity contribution in [1.29, 1.82) is 0 Å². The Labute approximate surface area is 211 Å². The summed E-state index contributed by atoms with van der Waals surface area (Å²) in [7, 11) is 4.52. The molecular weight excluding hydrogens is 398 g/mol. The molecule has 0 amide bonds. The SMILES string of the molecule is CCCCCCCCCCC(CCCCCCC[C@H]1C[C@H]1CCCCCCCC)CN(C)C. The van der Waals surface area contributed by atoms with Crippen molar-refractivity contribution in [3.8, 4) is 0 Å². The molecule has 1 nitrogen and oxygen atoms in total. The van der Waals surface area contributed by atoms with Crippen molar-refractivity contribution in [2.24, 2.45) is 17.8 Å². The highest BCUT2D eigenvalue weighted by molar-refractivity contribution is 4.85. The lowest BCUT2D eigenvalue weighted by Crippen LogP contribution is -2.21. The summed E-state index contributed by atoms with van der Waals surface area (Å²) in [5, 5.41) is 0. The monoisotopic (exact) mass is 464 g/mol. The minimum atomic E-state index is 0.939. The summed E-state index contributed by atoms with van der Waals surface area (Å²) in [6, 6.07) is 0. The lowest BCUT2D eigenvalue weighted by molar-refractivity contribution is 0.286. The first-order valence-electron chi connectivity index (χ1n) is 15.8. The molecule has 0 spiro atoms. The summed E-state index contributed by atoms with van der Waals surface area (Å²) >= 11 is 0. The molecule has 0 aromatic rings. The van der Waals surface area contributed by atoms with Crippen molar-refractivity contribution in [1.82, 2.24) is 4.90 Å². The van der Waals surface area contributed by atoms with Crippen LogP contribution in [0.15, 0.2) is 0 Å². The highest BCUT2D eigenvalue weighted by Gasteiger charge is 2.34. The van der Waals surface area contributed by atoms with Crippen LogP contribution in [0, 0.1) is 17.8 Å². The van der Waals surface area contributed by atoms with Gasteiger partial charge >= 0.3 is 0 Å². The first kappa shape index (κ1) is 31.0. The van der Waals surface area contributed by atoms with Gasteiger partial charge in [0.2, 0.25) is 0 Å². The summed E-state index contributed by atoms with van der Waals surface area (Å²) < 4.78 is 0. The Kier molecular flexibility index (Phi) is 21.1. The molecule has 1 saturated carbocycles. The highest BCUT2D eigenvalue weighted by Crippen LogP contribution is 2.45. The molecule has 3 atom stereocenters. The number of rotatable bonds is 26. The maximum absolute atomic E-state index is 2.42. The molecule has 0 radical (unpaired) electrons. The number of hydrogen-bond acceptors (Lipinski definition) is 1. The zero-order chi connectivity index (χ0) is 24.0. The predicted octanol–water partition coefficient (Wildman–Crippen LogP) is 10.8. The van der Waals surface area contributed by atoms with Crippen LogP contribution in [0.4, 0.5) is 0 Å². The van der Waals surface area contributed by atoms with Crippen LogP contribution in [0.5, 0.6) is 0 Å². The number of unbranched alkanes of at least 4 members (excludes halogenated alkanes) is 16. The van der Waals surface area contributed by atoms with Crippen molar-refractivity contribution >= 4 is 0 Å². The fourth-order valence-electron chi connectivity index (χ4n) is 5.98. The second-order valence-corrected chi connectivity index (χ2v) is 12.0. The fourth-order valence-corrected chi connectivity index (χ4v) is 5.98. The Morgan fingerprint density at radius 3 is 1.27 bits per heavy atom. The second kappa shape index (κ2) is 22.4.